The Bertz CT molecular complexity index is 1210. The first-order valence-corrected chi connectivity index (χ1v) is 11.6. The maximum atomic E-state index is 12.9. The first kappa shape index (κ1) is 21.8. The Morgan fingerprint density at radius 3 is 2.48 bits per heavy atom. The summed E-state index contributed by atoms with van der Waals surface area (Å²) in [5.74, 6) is 0.780. The lowest BCUT2D eigenvalue weighted by Gasteiger charge is -2.37. The molecule has 33 heavy (non-hydrogen) atoms. The maximum absolute atomic E-state index is 12.9. The van der Waals surface area contributed by atoms with Gasteiger partial charge in [0.2, 0.25) is 5.76 Å². The number of amides is 1. The predicted molar refractivity (Wildman–Crippen MR) is 129 cm³/mol. The molecule has 7 nitrogen and oxygen atoms in total. The third-order valence-electron chi connectivity index (χ3n) is 6.79. The van der Waals surface area contributed by atoms with Crippen LogP contribution in [0.1, 0.15) is 47.1 Å². The monoisotopic (exact) mass is 465 g/mol. The average Bonchev–Trinajstić information content (AvgIpc) is 3.28. The number of anilines is 2. The van der Waals surface area contributed by atoms with Crippen LogP contribution in [0.3, 0.4) is 0 Å². The number of benzene rings is 1. The Kier molecular flexibility index (Phi) is 5.32. The molecule has 0 bridgehead atoms. The summed E-state index contributed by atoms with van der Waals surface area (Å²) in [4.78, 5) is 28.1. The highest BCUT2D eigenvalue weighted by Crippen LogP contribution is 2.43. The zero-order valence-corrected chi connectivity index (χ0v) is 20.2. The van der Waals surface area contributed by atoms with Gasteiger partial charge >= 0.3 is 0 Å². The molecule has 0 aliphatic carbocycles. The van der Waals surface area contributed by atoms with Gasteiger partial charge < -0.3 is 19.1 Å². The van der Waals surface area contributed by atoms with E-state index in [1.807, 2.05) is 30.3 Å². The summed E-state index contributed by atoms with van der Waals surface area (Å²) in [5.41, 5.74) is 5.16. The van der Waals surface area contributed by atoms with Crippen LogP contribution in [0.2, 0.25) is 5.02 Å². The van der Waals surface area contributed by atoms with E-state index in [1.165, 1.54) is 11.1 Å². The Labute approximate surface area is 199 Å². The molecule has 0 saturated carbocycles. The summed E-state index contributed by atoms with van der Waals surface area (Å²) in [7, 11) is 0. The van der Waals surface area contributed by atoms with E-state index in [-0.39, 0.29) is 11.4 Å². The van der Waals surface area contributed by atoms with Gasteiger partial charge in [-0.2, -0.15) is 0 Å². The van der Waals surface area contributed by atoms with Crippen LogP contribution in [0.5, 0.6) is 0 Å². The Morgan fingerprint density at radius 1 is 1.06 bits per heavy atom. The molecule has 2 aromatic heterocycles. The SMILES string of the molecule is Cc1nc(C)c(C(=O)N2CCN(c3cncc(N4Cc5ccc(Cl)cc5C4(C)C)c3)CC2)o1. The molecule has 0 radical (unpaired) electrons. The number of hydrogen-bond acceptors (Lipinski definition) is 6. The number of piperazine rings is 1. The summed E-state index contributed by atoms with van der Waals surface area (Å²) in [6, 6.07) is 8.34. The summed E-state index contributed by atoms with van der Waals surface area (Å²) >= 11 is 6.28. The molecule has 1 saturated heterocycles. The van der Waals surface area contributed by atoms with Crippen LogP contribution in [0, 0.1) is 13.8 Å². The molecule has 1 amide bonds. The number of carbonyl (C=O) groups excluding carboxylic acids is 1. The Hall–Kier alpha value is -3.06. The smallest absolute Gasteiger partial charge is 0.291 e. The van der Waals surface area contributed by atoms with E-state index >= 15 is 0 Å². The van der Waals surface area contributed by atoms with Gasteiger partial charge in [0.1, 0.15) is 0 Å². The number of fused-ring (bicyclic) bond motifs is 1. The molecule has 2 aliphatic rings. The molecule has 0 unspecified atom stereocenters. The molecule has 4 heterocycles. The molecule has 1 aromatic carbocycles. The van der Waals surface area contributed by atoms with Crippen molar-refractivity contribution in [1.29, 1.82) is 0 Å². The van der Waals surface area contributed by atoms with E-state index in [4.69, 9.17) is 16.0 Å². The third kappa shape index (κ3) is 3.84. The number of aryl methyl sites for hydroxylation is 2. The van der Waals surface area contributed by atoms with E-state index in [9.17, 15) is 4.79 Å². The molecular formula is C25H28ClN5O2. The maximum Gasteiger partial charge on any atom is 0.291 e. The molecule has 0 atom stereocenters. The van der Waals surface area contributed by atoms with E-state index in [0.29, 0.717) is 30.4 Å². The number of oxazole rings is 1. The molecule has 3 aromatic rings. The topological polar surface area (TPSA) is 65.7 Å². The molecule has 2 aliphatic heterocycles. The molecular weight excluding hydrogens is 438 g/mol. The first-order chi connectivity index (χ1) is 15.7. The van der Waals surface area contributed by atoms with E-state index in [0.717, 1.165) is 36.0 Å². The normalized spacial score (nSPS) is 17.4. The van der Waals surface area contributed by atoms with Crippen molar-refractivity contribution in [3.8, 4) is 0 Å². The fraction of sp³-hybridized carbons (Fsp3) is 0.400. The van der Waals surface area contributed by atoms with Gasteiger partial charge in [0.15, 0.2) is 5.89 Å². The van der Waals surface area contributed by atoms with Crippen LogP contribution in [0.4, 0.5) is 11.4 Å². The van der Waals surface area contributed by atoms with Crippen LogP contribution in [0.15, 0.2) is 41.1 Å². The number of carbonyl (C=O) groups is 1. The minimum Gasteiger partial charge on any atom is -0.436 e. The number of rotatable bonds is 3. The van der Waals surface area contributed by atoms with Crippen LogP contribution >= 0.6 is 11.6 Å². The number of halogens is 1. The third-order valence-corrected chi connectivity index (χ3v) is 7.02. The predicted octanol–water partition coefficient (Wildman–Crippen LogP) is 4.56. The van der Waals surface area contributed by atoms with Gasteiger partial charge in [-0.05, 0) is 50.1 Å². The van der Waals surface area contributed by atoms with Crippen molar-refractivity contribution in [2.24, 2.45) is 0 Å². The minimum atomic E-state index is -0.182. The standard InChI is InChI=1S/C25H28ClN5O2/c1-16-23(33-17(2)28-16)24(32)30-9-7-29(8-10-30)20-12-21(14-27-13-20)31-15-18-5-6-19(26)11-22(18)25(31,3)4/h5-6,11-14H,7-10,15H2,1-4H3. The lowest BCUT2D eigenvalue weighted by molar-refractivity contribution is 0.0712. The van der Waals surface area contributed by atoms with E-state index in [1.54, 1.807) is 6.92 Å². The lowest BCUT2D eigenvalue weighted by atomic mass is 9.93. The summed E-state index contributed by atoms with van der Waals surface area (Å²) < 4.78 is 5.53. The highest BCUT2D eigenvalue weighted by atomic mass is 35.5. The van der Waals surface area contributed by atoms with Crippen LogP contribution in [0.25, 0.3) is 0 Å². The molecule has 0 N–H and O–H groups in total. The second kappa shape index (κ2) is 8.06. The van der Waals surface area contributed by atoms with Crippen LogP contribution in [-0.4, -0.2) is 47.0 Å². The number of pyridine rings is 1. The van der Waals surface area contributed by atoms with Crippen LogP contribution < -0.4 is 9.80 Å². The van der Waals surface area contributed by atoms with E-state index < -0.39 is 0 Å². The van der Waals surface area contributed by atoms with Gasteiger partial charge in [-0.1, -0.05) is 17.7 Å². The van der Waals surface area contributed by atoms with Gasteiger partial charge in [0.05, 0.1) is 35.0 Å². The van der Waals surface area contributed by atoms with Gasteiger partial charge in [0, 0.05) is 44.7 Å². The second-order valence-corrected chi connectivity index (χ2v) is 9.71. The number of aromatic nitrogens is 2. The first-order valence-electron chi connectivity index (χ1n) is 11.2. The highest BCUT2D eigenvalue weighted by molar-refractivity contribution is 6.30. The second-order valence-electron chi connectivity index (χ2n) is 9.27. The van der Waals surface area contributed by atoms with Gasteiger partial charge in [0.25, 0.3) is 5.91 Å². The zero-order chi connectivity index (χ0) is 23.3. The van der Waals surface area contributed by atoms with Crippen molar-refractivity contribution in [2.75, 3.05) is 36.0 Å². The van der Waals surface area contributed by atoms with Crippen molar-refractivity contribution in [2.45, 2.75) is 39.8 Å². The Balaban J connectivity index is 1.31. The summed E-state index contributed by atoms with van der Waals surface area (Å²) in [6.45, 7) is 11.6. The molecule has 172 valence electrons. The summed E-state index contributed by atoms with van der Waals surface area (Å²) in [6.07, 6.45) is 3.82. The van der Waals surface area contributed by atoms with E-state index in [2.05, 4.69) is 51.8 Å². The number of nitrogens with zero attached hydrogens (tertiary/aromatic N) is 5. The highest BCUT2D eigenvalue weighted by Gasteiger charge is 2.38. The molecule has 0 spiro atoms. The fourth-order valence-electron chi connectivity index (χ4n) is 4.96. The van der Waals surface area contributed by atoms with Crippen molar-refractivity contribution < 1.29 is 9.21 Å². The van der Waals surface area contributed by atoms with Gasteiger partial charge in [-0.3, -0.25) is 9.78 Å². The number of hydrogen-bond donors (Lipinski definition) is 0. The lowest BCUT2D eigenvalue weighted by Crippen LogP contribution is -2.49. The minimum absolute atomic E-state index is 0.0881. The van der Waals surface area contributed by atoms with Crippen molar-refractivity contribution in [1.82, 2.24) is 14.9 Å². The van der Waals surface area contributed by atoms with Crippen LogP contribution in [-0.2, 0) is 12.1 Å². The molecule has 8 heteroatoms. The quantitative estimate of drug-likeness (QED) is 0.565. The van der Waals surface area contributed by atoms with Gasteiger partial charge in [-0.25, -0.2) is 4.98 Å². The fourth-order valence-corrected chi connectivity index (χ4v) is 5.13. The van der Waals surface area contributed by atoms with Crippen molar-refractivity contribution in [3.63, 3.8) is 0 Å². The zero-order valence-electron chi connectivity index (χ0n) is 19.4. The largest absolute Gasteiger partial charge is 0.436 e. The van der Waals surface area contributed by atoms with Gasteiger partial charge in [-0.15, -0.1) is 0 Å². The van der Waals surface area contributed by atoms with Crippen molar-refractivity contribution in [3.05, 3.63) is 70.2 Å². The summed E-state index contributed by atoms with van der Waals surface area (Å²) in [5, 5.41) is 0.763. The average molecular weight is 466 g/mol. The van der Waals surface area contributed by atoms with Crippen molar-refractivity contribution >= 4 is 28.9 Å². The molecule has 5 rings (SSSR count). The Morgan fingerprint density at radius 2 is 1.79 bits per heavy atom. The molecule has 1 fully saturated rings.